The lowest BCUT2D eigenvalue weighted by molar-refractivity contribution is -0.145. The van der Waals surface area contributed by atoms with Crippen LogP contribution in [-0.4, -0.2) is 40.0 Å². The van der Waals surface area contributed by atoms with Gasteiger partial charge in [-0.3, -0.25) is 9.69 Å². The molecular weight excluding hydrogens is 236 g/mol. The highest BCUT2D eigenvalue weighted by molar-refractivity contribution is 8.04. The highest BCUT2D eigenvalue weighted by Gasteiger charge is 2.48. The molecule has 7 nitrogen and oxygen atoms in total. The molecule has 1 fully saturated rings. The monoisotopic (exact) mass is 244 g/mol. The topological polar surface area (TPSA) is 110 Å². The van der Waals surface area contributed by atoms with Gasteiger partial charge in [-0.1, -0.05) is 11.8 Å². The minimum absolute atomic E-state index is 0.104. The molecule has 1 atom stereocenters. The molecule has 0 aliphatic carbocycles. The Morgan fingerprint density at radius 1 is 1.62 bits per heavy atom. The molecule has 2 aliphatic heterocycles. The third-order valence-electron chi connectivity index (χ3n) is 2.24. The van der Waals surface area contributed by atoms with Crippen LogP contribution < -0.4 is 5.73 Å². The van der Waals surface area contributed by atoms with Gasteiger partial charge in [0.25, 0.3) is 0 Å². The maximum atomic E-state index is 11.2. The SMILES string of the molecule is NC(=O)OCC1=C(C(=O)O)N2C(=O)CC2S1. The Morgan fingerprint density at radius 2 is 2.31 bits per heavy atom. The fraction of sp³-hybridized carbons (Fsp3) is 0.375. The van der Waals surface area contributed by atoms with Gasteiger partial charge >= 0.3 is 12.1 Å². The Bertz CT molecular complexity index is 419. The highest BCUT2D eigenvalue weighted by atomic mass is 32.2. The van der Waals surface area contributed by atoms with Crippen molar-refractivity contribution >= 4 is 29.7 Å². The number of hydrogen-bond acceptors (Lipinski definition) is 5. The number of carbonyl (C=O) groups is 3. The Kier molecular flexibility index (Phi) is 2.50. The number of nitrogens with two attached hydrogens (primary N) is 1. The van der Waals surface area contributed by atoms with Gasteiger partial charge in [-0.15, -0.1) is 0 Å². The maximum Gasteiger partial charge on any atom is 0.404 e. The van der Waals surface area contributed by atoms with Crippen LogP contribution in [0.2, 0.25) is 0 Å². The van der Waals surface area contributed by atoms with Gasteiger partial charge in [0.15, 0.2) is 0 Å². The summed E-state index contributed by atoms with van der Waals surface area (Å²) in [7, 11) is 0. The lowest BCUT2D eigenvalue weighted by atomic mass is 10.1. The van der Waals surface area contributed by atoms with E-state index in [1.165, 1.54) is 16.7 Å². The second kappa shape index (κ2) is 3.71. The van der Waals surface area contributed by atoms with Crippen LogP contribution in [0.15, 0.2) is 10.6 Å². The molecule has 3 N–H and O–H groups in total. The number of fused-ring (bicyclic) bond motifs is 1. The van der Waals surface area contributed by atoms with Crippen LogP contribution in [0.3, 0.4) is 0 Å². The molecule has 2 aliphatic rings. The number of primary amides is 1. The number of ether oxygens (including phenoxy) is 1. The van der Waals surface area contributed by atoms with Crippen molar-refractivity contribution in [3.05, 3.63) is 10.6 Å². The van der Waals surface area contributed by atoms with E-state index in [0.717, 1.165) is 0 Å². The molecule has 0 aromatic heterocycles. The second-order valence-electron chi connectivity index (χ2n) is 3.23. The molecule has 2 rings (SSSR count). The zero-order valence-electron chi connectivity index (χ0n) is 8.00. The number of amides is 2. The minimum Gasteiger partial charge on any atom is -0.477 e. The van der Waals surface area contributed by atoms with E-state index in [1.807, 2.05) is 0 Å². The first-order valence-corrected chi connectivity index (χ1v) is 5.26. The fourth-order valence-corrected chi connectivity index (χ4v) is 2.87. The molecule has 0 bridgehead atoms. The smallest absolute Gasteiger partial charge is 0.404 e. The van der Waals surface area contributed by atoms with E-state index >= 15 is 0 Å². The number of rotatable bonds is 3. The van der Waals surface area contributed by atoms with Crippen molar-refractivity contribution in [3.8, 4) is 0 Å². The van der Waals surface area contributed by atoms with Crippen LogP contribution in [0, 0.1) is 0 Å². The van der Waals surface area contributed by atoms with Crippen molar-refractivity contribution in [3.63, 3.8) is 0 Å². The average molecular weight is 244 g/mol. The zero-order valence-corrected chi connectivity index (χ0v) is 8.82. The molecule has 86 valence electrons. The molecule has 2 amide bonds. The average Bonchev–Trinajstić information content (AvgIpc) is 2.47. The maximum absolute atomic E-state index is 11.2. The molecule has 0 aromatic carbocycles. The number of nitrogens with zero attached hydrogens (tertiary/aromatic N) is 1. The van der Waals surface area contributed by atoms with E-state index in [-0.39, 0.29) is 23.6 Å². The van der Waals surface area contributed by atoms with Gasteiger partial charge in [0.2, 0.25) is 5.91 Å². The predicted octanol–water partition coefficient (Wildman–Crippen LogP) is -0.317. The molecule has 0 radical (unpaired) electrons. The zero-order chi connectivity index (χ0) is 11.9. The van der Waals surface area contributed by atoms with Crippen LogP contribution in [0.5, 0.6) is 0 Å². The Morgan fingerprint density at radius 3 is 2.81 bits per heavy atom. The Balaban J connectivity index is 2.18. The first kappa shape index (κ1) is 10.8. The van der Waals surface area contributed by atoms with Gasteiger partial charge in [-0.2, -0.15) is 0 Å². The molecule has 8 heteroatoms. The summed E-state index contributed by atoms with van der Waals surface area (Å²) in [5, 5.41) is 8.78. The normalized spacial score (nSPS) is 22.9. The van der Waals surface area contributed by atoms with Gasteiger partial charge in [0, 0.05) is 0 Å². The number of β-lactam (4-membered cyclic amide) rings is 1. The largest absolute Gasteiger partial charge is 0.477 e. The van der Waals surface area contributed by atoms with Crippen molar-refractivity contribution in [1.82, 2.24) is 4.90 Å². The Labute approximate surface area is 94.2 Å². The van der Waals surface area contributed by atoms with Gasteiger partial charge in [0.05, 0.1) is 16.7 Å². The standard InChI is InChI=1S/C8H8N2O5S/c9-8(14)15-2-3-6(7(12)13)10-4(11)1-5(10)16-3/h5H,1-2H2,(H2,9,14)(H,12,13). The van der Waals surface area contributed by atoms with Gasteiger partial charge in [-0.25, -0.2) is 9.59 Å². The molecule has 0 saturated carbocycles. The van der Waals surface area contributed by atoms with Crippen LogP contribution in [0.4, 0.5) is 4.79 Å². The molecule has 1 unspecified atom stereocenters. The van der Waals surface area contributed by atoms with E-state index in [0.29, 0.717) is 11.3 Å². The van der Waals surface area contributed by atoms with E-state index in [4.69, 9.17) is 10.8 Å². The molecule has 0 aromatic rings. The fourth-order valence-electron chi connectivity index (χ4n) is 1.57. The molecule has 2 heterocycles. The van der Waals surface area contributed by atoms with Gasteiger partial charge in [0.1, 0.15) is 12.3 Å². The van der Waals surface area contributed by atoms with Crippen LogP contribution >= 0.6 is 11.8 Å². The van der Waals surface area contributed by atoms with E-state index in [2.05, 4.69) is 4.74 Å². The second-order valence-corrected chi connectivity index (χ2v) is 4.50. The first-order chi connectivity index (χ1) is 7.50. The molecule has 1 saturated heterocycles. The quantitative estimate of drug-likeness (QED) is 0.658. The lowest BCUT2D eigenvalue weighted by Crippen LogP contribution is -2.48. The van der Waals surface area contributed by atoms with Crippen molar-refractivity contribution in [2.45, 2.75) is 11.8 Å². The number of hydrogen-bond donors (Lipinski definition) is 2. The van der Waals surface area contributed by atoms with Crippen LogP contribution in [0.25, 0.3) is 0 Å². The summed E-state index contributed by atoms with van der Waals surface area (Å²) in [5.74, 6) is -1.44. The van der Waals surface area contributed by atoms with Crippen molar-refractivity contribution in [2.24, 2.45) is 5.73 Å². The number of carboxylic acids is 1. The molecule has 16 heavy (non-hydrogen) atoms. The predicted molar refractivity (Wildman–Crippen MR) is 53.0 cm³/mol. The van der Waals surface area contributed by atoms with Crippen molar-refractivity contribution < 1.29 is 24.2 Å². The van der Waals surface area contributed by atoms with E-state index in [1.54, 1.807) is 0 Å². The highest BCUT2D eigenvalue weighted by Crippen LogP contribution is 2.45. The van der Waals surface area contributed by atoms with E-state index < -0.39 is 12.1 Å². The third kappa shape index (κ3) is 1.60. The number of thioether (sulfide) groups is 1. The minimum atomic E-state index is -1.20. The lowest BCUT2D eigenvalue weighted by Gasteiger charge is -2.33. The van der Waals surface area contributed by atoms with Gasteiger partial charge < -0.3 is 15.6 Å². The summed E-state index contributed by atoms with van der Waals surface area (Å²) in [5.41, 5.74) is 4.68. The summed E-state index contributed by atoms with van der Waals surface area (Å²) in [4.78, 5) is 34.1. The Hall–Kier alpha value is -1.70. The van der Waals surface area contributed by atoms with Crippen LogP contribution in [0.1, 0.15) is 6.42 Å². The summed E-state index contributed by atoms with van der Waals surface area (Å²) >= 11 is 1.21. The molecule has 0 spiro atoms. The third-order valence-corrected chi connectivity index (χ3v) is 3.48. The van der Waals surface area contributed by atoms with E-state index in [9.17, 15) is 14.4 Å². The summed E-state index contributed by atoms with van der Waals surface area (Å²) in [6, 6.07) is 0. The summed E-state index contributed by atoms with van der Waals surface area (Å²) in [6.07, 6.45) is -0.667. The number of carbonyl (C=O) groups excluding carboxylic acids is 2. The summed E-state index contributed by atoms with van der Waals surface area (Å²) < 4.78 is 4.52. The van der Waals surface area contributed by atoms with Crippen LogP contribution in [-0.2, 0) is 14.3 Å². The van der Waals surface area contributed by atoms with Crippen molar-refractivity contribution in [2.75, 3.05) is 6.61 Å². The molecular formula is C8H8N2O5S. The summed E-state index contributed by atoms with van der Waals surface area (Å²) in [6.45, 7) is -0.206. The first-order valence-electron chi connectivity index (χ1n) is 4.38. The van der Waals surface area contributed by atoms with Gasteiger partial charge in [-0.05, 0) is 0 Å². The van der Waals surface area contributed by atoms with Crippen molar-refractivity contribution in [1.29, 1.82) is 0 Å². The number of aliphatic carboxylic acids is 1. The number of carboxylic acid groups (broad SMARTS) is 1.